The number of benzene rings is 2. The molecule has 0 bridgehead atoms. The van der Waals surface area contributed by atoms with Gasteiger partial charge in [-0.1, -0.05) is 40.2 Å². The van der Waals surface area contributed by atoms with Crippen molar-refractivity contribution in [1.82, 2.24) is 10.1 Å². The summed E-state index contributed by atoms with van der Waals surface area (Å²) in [5, 5.41) is 17.9. The van der Waals surface area contributed by atoms with E-state index in [-0.39, 0.29) is 22.3 Å². The Bertz CT molecular complexity index is 1110. The van der Waals surface area contributed by atoms with Crippen LogP contribution < -0.4 is 14.7 Å². The van der Waals surface area contributed by atoms with Crippen LogP contribution in [0.15, 0.2) is 47.6 Å². The van der Waals surface area contributed by atoms with Crippen LogP contribution in [0.1, 0.15) is 18.7 Å². The van der Waals surface area contributed by atoms with Crippen LogP contribution in [0.2, 0.25) is 5.02 Å². The summed E-state index contributed by atoms with van der Waals surface area (Å²) in [6.45, 7) is 1.38. The summed E-state index contributed by atoms with van der Waals surface area (Å²) in [4.78, 5) is 18.0. The maximum atomic E-state index is 14.7. The van der Waals surface area contributed by atoms with E-state index in [0.717, 1.165) is 0 Å². The van der Waals surface area contributed by atoms with Crippen molar-refractivity contribution < 1.29 is 19.0 Å². The van der Waals surface area contributed by atoms with E-state index in [9.17, 15) is 14.3 Å². The summed E-state index contributed by atoms with van der Waals surface area (Å²) in [5.74, 6) is -1.36. The van der Waals surface area contributed by atoms with Gasteiger partial charge in [-0.15, -0.1) is 0 Å². The summed E-state index contributed by atoms with van der Waals surface area (Å²) in [6, 6.07) is 10.9. The lowest BCUT2D eigenvalue weighted by atomic mass is 10.0. The highest BCUT2D eigenvalue weighted by Crippen LogP contribution is 2.42. The summed E-state index contributed by atoms with van der Waals surface area (Å²) in [5.41, 5.74) is 1.24. The maximum absolute atomic E-state index is 14.7. The van der Waals surface area contributed by atoms with Crippen LogP contribution in [0.25, 0.3) is 11.3 Å². The molecule has 0 saturated heterocycles. The second kappa shape index (κ2) is 7.03. The second-order valence-corrected chi connectivity index (χ2v) is 7.35. The summed E-state index contributed by atoms with van der Waals surface area (Å²) >= 11 is 7.33. The van der Waals surface area contributed by atoms with Crippen molar-refractivity contribution in [2.75, 3.05) is 11.2 Å². The Morgan fingerprint density at radius 1 is 1.32 bits per heavy atom. The molecular weight excluding hydrogens is 403 g/mol. The first kappa shape index (κ1) is 18.6. The maximum Gasteiger partial charge on any atom is 0.295 e. The van der Waals surface area contributed by atoms with E-state index in [4.69, 9.17) is 11.6 Å². The zero-order valence-electron chi connectivity index (χ0n) is 14.9. The fourth-order valence-electron chi connectivity index (χ4n) is 3.35. The van der Waals surface area contributed by atoms with E-state index in [1.807, 2.05) is 0 Å². The Hall–Kier alpha value is -2.71. The molecule has 1 aliphatic rings. The van der Waals surface area contributed by atoms with Gasteiger partial charge >= 0.3 is 0 Å². The van der Waals surface area contributed by atoms with Crippen LogP contribution in [0.5, 0.6) is 5.88 Å². The smallest absolute Gasteiger partial charge is 0.295 e. The molecule has 0 radical (unpaired) electrons. The fourth-order valence-corrected chi connectivity index (χ4v) is 3.87. The summed E-state index contributed by atoms with van der Waals surface area (Å²) < 4.78 is 16.1. The number of thioether (sulfide) groups is 1. The van der Waals surface area contributed by atoms with E-state index < -0.39 is 17.9 Å². The Kier molecular flexibility index (Phi) is 4.68. The van der Waals surface area contributed by atoms with Crippen molar-refractivity contribution in [3.8, 4) is 17.1 Å². The Balaban J connectivity index is 2.12. The molecular formula is C19H14ClFN4O2S. The van der Waals surface area contributed by atoms with Gasteiger partial charge in [0.1, 0.15) is 5.82 Å². The first-order chi connectivity index (χ1) is 13.4. The van der Waals surface area contributed by atoms with E-state index >= 15 is 0 Å². The molecule has 2 aromatic carbocycles. The summed E-state index contributed by atoms with van der Waals surface area (Å²) in [7, 11) is 0. The highest BCUT2D eigenvalue weighted by Gasteiger charge is 2.45. The van der Waals surface area contributed by atoms with Gasteiger partial charge in [0.2, 0.25) is 5.91 Å². The number of fused-ring (bicyclic) bond motifs is 3. The lowest BCUT2D eigenvalue weighted by molar-refractivity contribution is -0.764. The van der Waals surface area contributed by atoms with Crippen LogP contribution in [-0.4, -0.2) is 22.2 Å². The highest BCUT2D eigenvalue weighted by atomic mass is 35.5. The molecule has 0 spiro atoms. The molecule has 1 aromatic heterocycles. The number of carbonyl (C=O) groups excluding carboxylic acids is 1. The fraction of sp³-hybridized carbons (Fsp3) is 0.158. The van der Waals surface area contributed by atoms with Crippen LogP contribution in [0.4, 0.5) is 10.1 Å². The molecule has 0 saturated carbocycles. The van der Waals surface area contributed by atoms with Crippen LogP contribution >= 0.6 is 23.4 Å². The van der Waals surface area contributed by atoms with Crippen molar-refractivity contribution >= 4 is 35.0 Å². The van der Waals surface area contributed by atoms with Gasteiger partial charge in [0, 0.05) is 17.0 Å². The first-order valence-corrected chi connectivity index (χ1v) is 9.91. The van der Waals surface area contributed by atoms with Crippen LogP contribution in [0, 0.1) is 5.82 Å². The van der Waals surface area contributed by atoms with Crippen LogP contribution in [-0.2, 0) is 4.79 Å². The number of amides is 1. The van der Waals surface area contributed by atoms with Gasteiger partial charge in [-0.2, -0.15) is 0 Å². The van der Waals surface area contributed by atoms with Crippen LogP contribution in [0.3, 0.4) is 0 Å². The molecule has 0 fully saturated rings. The van der Waals surface area contributed by atoms with Gasteiger partial charge in [-0.25, -0.2) is 14.3 Å². The quantitative estimate of drug-likeness (QED) is 0.474. The van der Waals surface area contributed by atoms with E-state index in [0.29, 0.717) is 16.3 Å². The van der Waals surface area contributed by atoms with Gasteiger partial charge < -0.3 is 5.11 Å². The molecule has 6 nitrogen and oxygen atoms in total. The largest absolute Gasteiger partial charge is 0.854 e. The lowest BCUT2D eigenvalue weighted by Gasteiger charge is -2.33. The van der Waals surface area contributed by atoms with E-state index in [1.54, 1.807) is 42.7 Å². The summed E-state index contributed by atoms with van der Waals surface area (Å²) in [6.07, 6.45) is 0.764. The number of halogens is 2. The molecule has 9 heteroatoms. The Labute approximate surface area is 169 Å². The molecule has 1 amide bonds. The predicted octanol–water partition coefficient (Wildman–Crippen LogP) is 2.93. The SMILES string of the molecule is CSc1nc([O-])c2[n+](n1)C(c1ccccc1F)N(C(C)=O)c1ccc(Cl)cc1-2. The topological polar surface area (TPSA) is 73.0 Å². The molecule has 0 aliphatic carbocycles. The number of hydrogen-bond acceptors (Lipinski definition) is 5. The molecule has 28 heavy (non-hydrogen) atoms. The highest BCUT2D eigenvalue weighted by molar-refractivity contribution is 7.98. The Morgan fingerprint density at radius 2 is 2.07 bits per heavy atom. The van der Waals surface area contributed by atoms with Crippen molar-refractivity contribution in [3.63, 3.8) is 0 Å². The monoisotopic (exact) mass is 416 g/mol. The lowest BCUT2D eigenvalue weighted by Crippen LogP contribution is -2.59. The second-order valence-electron chi connectivity index (χ2n) is 6.14. The minimum Gasteiger partial charge on any atom is -0.854 e. The average Bonchev–Trinajstić information content (AvgIpc) is 2.66. The predicted molar refractivity (Wildman–Crippen MR) is 102 cm³/mol. The van der Waals surface area contributed by atoms with Crippen molar-refractivity contribution in [2.24, 2.45) is 0 Å². The van der Waals surface area contributed by atoms with Gasteiger partial charge in [0.25, 0.3) is 17.0 Å². The number of hydrogen-bond donors (Lipinski definition) is 0. The van der Waals surface area contributed by atoms with Gasteiger partial charge in [0.05, 0.1) is 22.7 Å². The minimum absolute atomic E-state index is 0.154. The van der Waals surface area contributed by atoms with E-state index in [2.05, 4.69) is 10.1 Å². The van der Waals surface area contributed by atoms with E-state index in [1.165, 1.54) is 34.3 Å². The number of rotatable bonds is 2. The van der Waals surface area contributed by atoms with Crippen molar-refractivity contribution in [2.45, 2.75) is 18.2 Å². The third-order valence-corrected chi connectivity index (χ3v) is 5.25. The zero-order chi connectivity index (χ0) is 20.0. The number of aromatic nitrogens is 3. The molecule has 142 valence electrons. The molecule has 2 heterocycles. The molecule has 1 aliphatic heterocycles. The minimum atomic E-state index is -0.969. The van der Waals surface area contributed by atoms with Crippen molar-refractivity contribution in [1.29, 1.82) is 0 Å². The normalized spacial score (nSPS) is 15.1. The first-order valence-electron chi connectivity index (χ1n) is 8.31. The Morgan fingerprint density at radius 3 is 2.75 bits per heavy atom. The number of carbonyl (C=O) groups is 1. The third-order valence-electron chi connectivity index (χ3n) is 4.48. The standard InChI is InChI=1S/C19H14ClFN4O2S/c1-10(26)24-15-8-7-11(20)9-13(15)16-17(27)22-19(28-2)23-25(16)18(24)12-5-3-4-6-14(12)21/h3-9,18H,1-2H3. The average molecular weight is 417 g/mol. The molecule has 0 N–H and O–H groups in total. The van der Waals surface area contributed by atoms with Gasteiger partial charge in [-0.05, 0) is 36.6 Å². The molecule has 4 rings (SSSR count). The number of anilines is 1. The molecule has 3 aromatic rings. The van der Waals surface area contributed by atoms with Gasteiger partial charge in [-0.3, -0.25) is 4.79 Å². The molecule has 1 atom stereocenters. The zero-order valence-corrected chi connectivity index (χ0v) is 16.5. The number of nitrogens with zero attached hydrogens (tertiary/aromatic N) is 4. The van der Waals surface area contributed by atoms with Crippen molar-refractivity contribution in [3.05, 3.63) is 58.9 Å². The third kappa shape index (κ3) is 2.89. The molecule has 1 unspecified atom stereocenters. The van der Waals surface area contributed by atoms with Gasteiger partial charge in [0.15, 0.2) is 0 Å².